The number of carbonyl (C=O) groups excluding carboxylic acids is 2. The summed E-state index contributed by atoms with van der Waals surface area (Å²) in [4.78, 5) is 29.5. The molecular weight excluding hydrogens is 368 g/mol. The zero-order chi connectivity index (χ0) is 20.2. The van der Waals surface area contributed by atoms with Crippen LogP contribution in [0.25, 0.3) is 10.9 Å². The third kappa shape index (κ3) is 3.94. The lowest BCUT2D eigenvalue weighted by molar-refractivity contribution is 0.0716. The molecule has 0 unspecified atom stereocenters. The molecule has 2 amide bonds. The first-order valence-corrected chi connectivity index (χ1v) is 9.92. The van der Waals surface area contributed by atoms with E-state index < -0.39 is 0 Å². The van der Waals surface area contributed by atoms with Crippen LogP contribution in [0, 0.1) is 0 Å². The molecule has 1 N–H and O–H groups in total. The van der Waals surface area contributed by atoms with E-state index in [9.17, 15) is 9.59 Å². The van der Waals surface area contributed by atoms with Gasteiger partial charge in [0.2, 0.25) is 0 Å². The number of amides is 2. The normalized spacial score (nSPS) is 14.7. The minimum Gasteiger partial charge on any atom is -0.494 e. The highest BCUT2D eigenvalue weighted by Gasteiger charge is 2.25. The maximum absolute atomic E-state index is 13.0. The van der Waals surface area contributed by atoms with Crippen LogP contribution in [-0.4, -0.2) is 64.6 Å². The highest BCUT2D eigenvalue weighted by atomic mass is 16.5. The molecule has 2 heterocycles. The number of aromatic nitrogens is 2. The van der Waals surface area contributed by atoms with Crippen molar-refractivity contribution in [1.29, 1.82) is 0 Å². The van der Waals surface area contributed by atoms with E-state index in [0.29, 0.717) is 44.0 Å². The molecule has 1 aliphatic rings. The molecule has 0 bridgehead atoms. The monoisotopic (exact) mass is 392 g/mol. The first-order valence-electron chi connectivity index (χ1n) is 9.92. The van der Waals surface area contributed by atoms with E-state index in [1.165, 1.54) is 0 Å². The van der Waals surface area contributed by atoms with Crippen LogP contribution in [0.3, 0.4) is 0 Å². The van der Waals surface area contributed by atoms with Crippen molar-refractivity contribution in [3.05, 3.63) is 59.8 Å². The molecule has 3 aromatic rings. The van der Waals surface area contributed by atoms with Crippen molar-refractivity contribution in [2.75, 3.05) is 32.8 Å². The quantitative estimate of drug-likeness (QED) is 0.740. The summed E-state index contributed by atoms with van der Waals surface area (Å²) in [6.45, 7) is 4.73. The van der Waals surface area contributed by atoms with E-state index in [0.717, 1.165) is 23.1 Å². The molecular formula is C22H24N4O3. The van der Waals surface area contributed by atoms with Crippen molar-refractivity contribution in [2.24, 2.45) is 0 Å². The number of para-hydroxylation sites is 1. The van der Waals surface area contributed by atoms with Gasteiger partial charge in [-0.1, -0.05) is 18.2 Å². The number of fused-ring (bicyclic) bond motifs is 1. The van der Waals surface area contributed by atoms with Gasteiger partial charge < -0.3 is 14.5 Å². The Kier molecular flexibility index (Phi) is 5.46. The minimum atomic E-state index is -0.0992. The lowest BCUT2D eigenvalue weighted by atomic mass is 10.2. The van der Waals surface area contributed by atoms with E-state index in [1.54, 1.807) is 17.0 Å². The summed E-state index contributed by atoms with van der Waals surface area (Å²) < 4.78 is 5.43. The van der Waals surface area contributed by atoms with Crippen LogP contribution in [-0.2, 0) is 0 Å². The maximum Gasteiger partial charge on any atom is 0.275 e. The molecule has 1 saturated heterocycles. The summed E-state index contributed by atoms with van der Waals surface area (Å²) in [7, 11) is 0. The van der Waals surface area contributed by atoms with Gasteiger partial charge in [-0.05, 0) is 43.7 Å². The Morgan fingerprint density at radius 3 is 2.38 bits per heavy atom. The van der Waals surface area contributed by atoms with E-state index in [2.05, 4.69) is 10.2 Å². The highest BCUT2D eigenvalue weighted by molar-refractivity contribution is 6.04. The highest BCUT2D eigenvalue weighted by Crippen LogP contribution is 2.19. The van der Waals surface area contributed by atoms with Gasteiger partial charge in [-0.15, -0.1) is 0 Å². The molecule has 1 aliphatic heterocycles. The Hall–Kier alpha value is -3.35. The summed E-state index contributed by atoms with van der Waals surface area (Å²) in [6, 6.07) is 14.8. The average molecular weight is 392 g/mol. The number of benzene rings is 2. The van der Waals surface area contributed by atoms with Crippen LogP contribution < -0.4 is 4.74 Å². The molecule has 7 nitrogen and oxygen atoms in total. The Bertz CT molecular complexity index is 1010. The van der Waals surface area contributed by atoms with Gasteiger partial charge >= 0.3 is 0 Å². The maximum atomic E-state index is 13.0. The van der Waals surface area contributed by atoms with Gasteiger partial charge in [0.25, 0.3) is 11.8 Å². The number of aromatic amines is 1. The first kappa shape index (κ1) is 19.0. The number of nitrogens with one attached hydrogen (secondary N) is 1. The zero-order valence-corrected chi connectivity index (χ0v) is 16.4. The van der Waals surface area contributed by atoms with E-state index in [-0.39, 0.29) is 11.8 Å². The Morgan fingerprint density at radius 1 is 0.966 bits per heavy atom. The molecule has 0 saturated carbocycles. The van der Waals surface area contributed by atoms with Crippen LogP contribution >= 0.6 is 0 Å². The van der Waals surface area contributed by atoms with Gasteiger partial charge in [0, 0.05) is 37.1 Å². The van der Waals surface area contributed by atoms with E-state index in [4.69, 9.17) is 4.74 Å². The molecule has 0 atom stereocenters. The van der Waals surface area contributed by atoms with Gasteiger partial charge in [-0.3, -0.25) is 14.7 Å². The fourth-order valence-electron chi connectivity index (χ4n) is 3.64. The second kappa shape index (κ2) is 8.34. The molecule has 29 heavy (non-hydrogen) atoms. The Labute approximate surface area is 169 Å². The lowest BCUT2D eigenvalue weighted by Crippen LogP contribution is -2.37. The Balaban J connectivity index is 1.43. The summed E-state index contributed by atoms with van der Waals surface area (Å²) in [5, 5.41) is 7.95. The van der Waals surface area contributed by atoms with Gasteiger partial charge in [-0.25, -0.2) is 0 Å². The number of rotatable bonds is 4. The van der Waals surface area contributed by atoms with Crippen LogP contribution in [0.4, 0.5) is 0 Å². The predicted molar refractivity (Wildman–Crippen MR) is 110 cm³/mol. The van der Waals surface area contributed by atoms with Crippen molar-refractivity contribution in [3.63, 3.8) is 0 Å². The van der Waals surface area contributed by atoms with Crippen molar-refractivity contribution < 1.29 is 14.3 Å². The number of nitrogens with zero attached hydrogens (tertiary/aromatic N) is 3. The van der Waals surface area contributed by atoms with Gasteiger partial charge in [0.15, 0.2) is 5.69 Å². The minimum absolute atomic E-state index is 0.0208. The van der Waals surface area contributed by atoms with Crippen LogP contribution in [0.5, 0.6) is 5.75 Å². The van der Waals surface area contributed by atoms with Gasteiger partial charge in [-0.2, -0.15) is 5.10 Å². The van der Waals surface area contributed by atoms with Crippen LogP contribution in [0.15, 0.2) is 48.5 Å². The smallest absolute Gasteiger partial charge is 0.275 e. The summed E-state index contributed by atoms with van der Waals surface area (Å²) in [5.41, 5.74) is 1.91. The average Bonchev–Trinajstić information content (AvgIpc) is 3.03. The zero-order valence-electron chi connectivity index (χ0n) is 16.4. The van der Waals surface area contributed by atoms with Crippen LogP contribution in [0.2, 0.25) is 0 Å². The largest absolute Gasteiger partial charge is 0.494 e. The topological polar surface area (TPSA) is 78.5 Å². The number of hydrogen-bond acceptors (Lipinski definition) is 4. The summed E-state index contributed by atoms with van der Waals surface area (Å²) in [5.74, 6) is 0.633. The number of ether oxygens (including phenoxy) is 1. The Morgan fingerprint density at radius 2 is 1.66 bits per heavy atom. The van der Waals surface area contributed by atoms with Gasteiger partial charge in [0.1, 0.15) is 5.75 Å². The number of H-pyrrole nitrogens is 1. The molecule has 0 aliphatic carbocycles. The fourth-order valence-corrected chi connectivity index (χ4v) is 3.64. The lowest BCUT2D eigenvalue weighted by Gasteiger charge is -2.22. The van der Waals surface area contributed by atoms with Crippen molar-refractivity contribution in [2.45, 2.75) is 13.3 Å². The van der Waals surface area contributed by atoms with Gasteiger partial charge in [0.05, 0.1) is 12.1 Å². The summed E-state index contributed by atoms with van der Waals surface area (Å²) in [6.07, 6.45) is 0.733. The van der Waals surface area contributed by atoms with Crippen molar-refractivity contribution >= 4 is 22.7 Å². The molecule has 1 aromatic heterocycles. The number of hydrogen-bond donors (Lipinski definition) is 1. The first-order chi connectivity index (χ1) is 14.2. The van der Waals surface area contributed by atoms with E-state index >= 15 is 0 Å². The summed E-state index contributed by atoms with van der Waals surface area (Å²) >= 11 is 0. The fraction of sp³-hybridized carbons (Fsp3) is 0.318. The second-order valence-electron chi connectivity index (χ2n) is 7.01. The molecule has 0 radical (unpaired) electrons. The third-order valence-electron chi connectivity index (χ3n) is 5.16. The molecule has 4 rings (SSSR count). The molecule has 7 heteroatoms. The molecule has 2 aromatic carbocycles. The number of carbonyl (C=O) groups is 2. The standard InChI is InChI=1S/C22H24N4O3/c1-2-29-17-10-8-16(9-11-17)21(27)25-12-5-13-26(15-14-25)22(28)20-18-6-3-4-7-19(18)23-24-20/h3-4,6-11H,2,5,12-15H2,1H3,(H,23,24). The second-order valence-corrected chi connectivity index (χ2v) is 7.01. The van der Waals surface area contributed by atoms with E-state index in [1.807, 2.05) is 48.2 Å². The molecule has 1 fully saturated rings. The van der Waals surface area contributed by atoms with Crippen molar-refractivity contribution in [1.82, 2.24) is 20.0 Å². The van der Waals surface area contributed by atoms with Crippen molar-refractivity contribution in [3.8, 4) is 5.75 Å². The predicted octanol–water partition coefficient (Wildman–Crippen LogP) is 2.95. The van der Waals surface area contributed by atoms with Crippen LogP contribution in [0.1, 0.15) is 34.2 Å². The molecule has 0 spiro atoms. The third-order valence-corrected chi connectivity index (χ3v) is 5.16. The molecule has 150 valence electrons. The SMILES string of the molecule is CCOc1ccc(C(=O)N2CCCN(C(=O)c3n[nH]c4ccccc34)CC2)cc1.